The summed E-state index contributed by atoms with van der Waals surface area (Å²) in [5.41, 5.74) is -0.00570. The van der Waals surface area contributed by atoms with Crippen LogP contribution in [0.2, 0.25) is 0 Å². The van der Waals surface area contributed by atoms with E-state index in [9.17, 15) is 14.7 Å². The highest BCUT2D eigenvalue weighted by Crippen LogP contribution is 2.21. The first-order chi connectivity index (χ1) is 9.79. The van der Waals surface area contributed by atoms with Crippen LogP contribution in [-0.4, -0.2) is 28.3 Å². The second kappa shape index (κ2) is 7.52. The zero-order valence-electron chi connectivity index (χ0n) is 12.5. The first-order valence-corrected chi connectivity index (χ1v) is 6.93. The number of urea groups is 1. The third-order valence-electron chi connectivity index (χ3n) is 3.04. The van der Waals surface area contributed by atoms with Crippen LogP contribution in [0.1, 0.15) is 44.0 Å². The van der Waals surface area contributed by atoms with Gasteiger partial charge in [-0.05, 0) is 43.9 Å². The van der Waals surface area contributed by atoms with Crippen molar-refractivity contribution in [3.8, 4) is 5.75 Å². The number of carboxylic acid groups (broad SMARTS) is 1. The highest BCUT2D eigenvalue weighted by Gasteiger charge is 2.14. The Balaban J connectivity index is 2.65. The molecule has 0 saturated heterocycles. The molecule has 0 bridgehead atoms. The van der Waals surface area contributed by atoms with Crippen LogP contribution < -0.4 is 10.6 Å². The third kappa shape index (κ3) is 5.72. The van der Waals surface area contributed by atoms with Gasteiger partial charge in [-0.1, -0.05) is 13.8 Å². The molecule has 1 unspecified atom stereocenters. The number of rotatable bonds is 6. The number of nitrogens with one attached hydrogen (secondary N) is 2. The summed E-state index contributed by atoms with van der Waals surface area (Å²) in [5, 5.41) is 23.6. The maximum Gasteiger partial charge on any atom is 0.337 e. The minimum Gasteiger partial charge on any atom is -0.508 e. The van der Waals surface area contributed by atoms with Crippen molar-refractivity contribution in [3.63, 3.8) is 0 Å². The Morgan fingerprint density at radius 3 is 2.43 bits per heavy atom. The van der Waals surface area contributed by atoms with Gasteiger partial charge in [-0.15, -0.1) is 0 Å². The minimum absolute atomic E-state index is 0.00204. The summed E-state index contributed by atoms with van der Waals surface area (Å²) in [7, 11) is 0. The average molecular weight is 294 g/mol. The fourth-order valence-electron chi connectivity index (χ4n) is 1.86. The Morgan fingerprint density at radius 1 is 1.19 bits per heavy atom. The topological polar surface area (TPSA) is 98.7 Å². The molecule has 0 fully saturated rings. The number of hydrogen-bond acceptors (Lipinski definition) is 3. The van der Waals surface area contributed by atoms with E-state index in [0.29, 0.717) is 5.92 Å². The largest absolute Gasteiger partial charge is 0.508 e. The molecule has 116 valence electrons. The highest BCUT2D eigenvalue weighted by atomic mass is 16.4. The van der Waals surface area contributed by atoms with Gasteiger partial charge in [-0.2, -0.15) is 0 Å². The molecule has 0 spiro atoms. The maximum absolute atomic E-state index is 11.8. The lowest BCUT2D eigenvalue weighted by atomic mass is 10.0. The van der Waals surface area contributed by atoms with Crippen LogP contribution in [-0.2, 0) is 0 Å². The summed E-state index contributed by atoms with van der Waals surface area (Å²) >= 11 is 0. The van der Waals surface area contributed by atoms with Crippen LogP contribution in [0.4, 0.5) is 10.5 Å². The zero-order valence-corrected chi connectivity index (χ0v) is 12.5. The van der Waals surface area contributed by atoms with Crippen LogP contribution in [0.15, 0.2) is 18.2 Å². The molecule has 6 nitrogen and oxygen atoms in total. The van der Waals surface area contributed by atoms with Gasteiger partial charge in [0, 0.05) is 6.04 Å². The van der Waals surface area contributed by atoms with Crippen LogP contribution in [0.25, 0.3) is 0 Å². The van der Waals surface area contributed by atoms with Gasteiger partial charge in [0.25, 0.3) is 0 Å². The van der Waals surface area contributed by atoms with Gasteiger partial charge in [0.1, 0.15) is 5.75 Å². The molecule has 21 heavy (non-hydrogen) atoms. The molecular weight excluding hydrogens is 272 g/mol. The lowest BCUT2D eigenvalue weighted by Crippen LogP contribution is -2.36. The van der Waals surface area contributed by atoms with Crippen LogP contribution in [0, 0.1) is 5.92 Å². The molecule has 0 heterocycles. The van der Waals surface area contributed by atoms with E-state index >= 15 is 0 Å². The average Bonchev–Trinajstić information content (AvgIpc) is 2.38. The van der Waals surface area contributed by atoms with Gasteiger partial charge in [0.2, 0.25) is 0 Å². The molecule has 1 aromatic rings. The minimum atomic E-state index is -1.21. The highest BCUT2D eigenvalue weighted by molar-refractivity contribution is 6.00. The van der Waals surface area contributed by atoms with Crippen LogP contribution in [0.3, 0.4) is 0 Å². The number of amides is 2. The van der Waals surface area contributed by atoms with Gasteiger partial charge in [-0.3, -0.25) is 0 Å². The summed E-state index contributed by atoms with van der Waals surface area (Å²) in [6, 6.07) is 3.32. The number of aromatic hydroxyl groups is 1. The Hall–Kier alpha value is -2.24. The molecule has 0 saturated carbocycles. The standard InChI is InChI=1S/C15H22N2O4/c1-9(2)4-5-10(3)16-15(21)17-13-7-6-11(18)8-12(13)14(19)20/h6-10,18H,4-5H2,1-3H3,(H,19,20)(H2,16,17,21). The first kappa shape index (κ1) is 16.8. The number of aromatic carboxylic acids is 1. The summed E-state index contributed by atoms with van der Waals surface area (Å²) in [6.07, 6.45) is 1.85. The molecule has 0 aromatic heterocycles. The fraction of sp³-hybridized carbons (Fsp3) is 0.467. The Morgan fingerprint density at radius 2 is 1.86 bits per heavy atom. The number of anilines is 1. The lowest BCUT2D eigenvalue weighted by molar-refractivity contribution is 0.0697. The summed E-state index contributed by atoms with van der Waals surface area (Å²) in [4.78, 5) is 22.9. The maximum atomic E-state index is 11.8. The second-order valence-corrected chi connectivity index (χ2v) is 5.51. The summed E-state index contributed by atoms with van der Waals surface area (Å²) in [5.74, 6) is -0.814. The van der Waals surface area contributed by atoms with Crippen molar-refractivity contribution in [1.82, 2.24) is 5.32 Å². The van der Waals surface area contributed by atoms with Gasteiger partial charge >= 0.3 is 12.0 Å². The second-order valence-electron chi connectivity index (χ2n) is 5.51. The monoisotopic (exact) mass is 294 g/mol. The molecule has 0 aliphatic rings. The lowest BCUT2D eigenvalue weighted by Gasteiger charge is -2.16. The van der Waals surface area contributed by atoms with Crippen LogP contribution >= 0.6 is 0 Å². The van der Waals surface area contributed by atoms with E-state index in [0.717, 1.165) is 18.9 Å². The number of phenols is 1. The van der Waals surface area contributed by atoms with E-state index in [-0.39, 0.29) is 23.0 Å². The van der Waals surface area contributed by atoms with Gasteiger partial charge in [0.15, 0.2) is 0 Å². The van der Waals surface area contributed by atoms with Crippen LogP contribution in [0.5, 0.6) is 5.75 Å². The quantitative estimate of drug-likeness (QED) is 0.606. The SMILES string of the molecule is CC(C)CCC(C)NC(=O)Nc1ccc(O)cc1C(=O)O. The van der Waals surface area contributed by atoms with E-state index in [4.69, 9.17) is 5.11 Å². The van der Waals surface area contributed by atoms with E-state index in [1.807, 2.05) is 6.92 Å². The van der Waals surface area contributed by atoms with Gasteiger partial charge in [-0.25, -0.2) is 9.59 Å². The van der Waals surface area contributed by atoms with E-state index in [2.05, 4.69) is 24.5 Å². The third-order valence-corrected chi connectivity index (χ3v) is 3.04. The molecule has 0 aliphatic heterocycles. The smallest absolute Gasteiger partial charge is 0.337 e. The Labute approximate surface area is 124 Å². The Kier molecular flexibility index (Phi) is 6.02. The van der Waals surface area contributed by atoms with Crippen molar-refractivity contribution in [2.45, 2.75) is 39.7 Å². The number of benzene rings is 1. The summed E-state index contributed by atoms with van der Waals surface area (Å²) in [6.45, 7) is 6.13. The fourth-order valence-corrected chi connectivity index (χ4v) is 1.86. The molecule has 0 radical (unpaired) electrons. The predicted octanol–water partition coefficient (Wildman–Crippen LogP) is 3.04. The number of carbonyl (C=O) groups is 2. The number of phenolic OH excluding ortho intramolecular Hbond substituents is 1. The molecule has 4 N–H and O–H groups in total. The normalized spacial score (nSPS) is 12.0. The number of hydrogen-bond donors (Lipinski definition) is 4. The molecule has 1 aromatic carbocycles. The number of carboxylic acids is 1. The molecular formula is C15H22N2O4. The molecule has 6 heteroatoms. The van der Waals surface area contributed by atoms with Crippen molar-refractivity contribution in [1.29, 1.82) is 0 Å². The van der Waals surface area contributed by atoms with Crippen molar-refractivity contribution in [3.05, 3.63) is 23.8 Å². The number of carbonyl (C=O) groups excluding carboxylic acids is 1. The zero-order chi connectivity index (χ0) is 16.0. The van der Waals surface area contributed by atoms with Crippen molar-refractivity contribution < 1.29 is 19.8 Å². The van der Waals surface area contributed by atoms with E-state index in [1.54, 1.807) is 0 Å². The molecule has 1 atom stereocenters. The predicted molar refractivity (Wildman–Crippen MR) is 80.8 cm³/mol. The molecule has 2 amide bonds. The summed E-state index contributed by atoms with van der Waals surface area (Å²) < 4.78 is 0. The molecule has 1 rings (SSSR count). The van der Waals surface area contributed by atoms with E-state index in [1.165, 1.54) is 12.1 Å². The van der Waals surface area contributed by atoms with E-state index < -0.39 is 12.0 Å². The first-order valence-electron chi connectivity index (χ1n) is 6.93. The van der Waals surface area contributed by atoms with Crippen molar-refractivity contribution >= 4 is 17.7 Å². The van der Waals surface area contributed by atoms with Crippen molar-refractivity contribution in [2.75, 3.05) is 5.32 Å². The van der Waals surface area contributed by atoms with Crippen molar-refractivity contribution in [2.24, 2.45) is 5.92 Å². The van der Waals surface area contributed by atoms with Gasteiger partial charge < -0.3 is 20.8 Å². The van der Waals surface area contributed by atoms with Gasteiger partial charge in [0.05, 0.1) is 11.3 Å². The molecule has 0 aliphatic carbocycles. The Bertz CT molecular complexity index is 514.